The molecule has 331 valence electrons. The van der Waals surface area contributed by atoms with E-state index in [1.54, 1.807) is 4.90 Å². The Balaban J connectivity index is 0.983. The standard InChI is InChI=1S/C50H60N7O6/c1-7-18-56(45(58)26-51-49(60)62-5)28-44-53-43-17-15-31-22-39-36-16-14-32(20-33(36)21-34-24-37(34)40(39)25-38(31)46(43)54-44)42(9-3)52-29(4)27-57(19-8-2)48(59)47(55-50(61)63-6)41-23-30-12-10-11-13-35(30)41/h9-14,16,20,22,24-25,29-30,35,41,47,52H,7-8,15,17-19,21,23,26-28H2,1-6H3,(H,51,60)(H,53,54)(H,55,61)/b42-9-/t29?,30?,35?,41?,47-/m1/s1. The van der Waals surface area contributed by atoms with Crippen molar-refractivity contribution >= 4 is 29.7 Å². The second-order valence-corrected chi connectivity index (χ2v) is 17.4. The van der Waals surface area contributed by atoms with E-state index < -0.39 is 18.2 Å². The maximum atomic E-state index is 14.3. The molecule has 3 aromatic rings. The number of aryl methyl sites for hydroxylation is 2. The lowest BCUT2D eigenvalue weighted by molar-refractivity contribution is -0.137. The Bertz CT molecular complexity index is 2390. The number of fused-ring (bicyclic) bond motifs is 9. The van der Waals surface area contributed by atoms with Crippen LogP contribution in [0, 0.1) is 23.7 Å². The lowest BCUT2D eigenvalue weighted by atomic mass is 9.60. The van der Waals surface area contributed by atoms with Crippen LogP contribution < -0.4 is 16.0 Å². The van der Waals surface area contributed by atoms with E-state index in [-0.39, 0.29) is 36.2 Å². The van der Waals surface area contributed by atoms with E-state index in [1.165, 1.54) is 53.5 Å². The van der Waals surface area contributed by atoms with E-state index in [2.05, 4.69) is 100 Å². The summed E-state index contributed by atoms with van der Waals surface area (Å²) in [5.74, 6) is 2.38. The van der Waals surface area contributed by atoms with Crippen molar-refractivity contribution in [1.82, 2.24) is 35.7 Å². The molecule has 5 atom stereocenters. The second-order valence-electron chi connectivity index (χ2n) is 17.4. The van der Waals surface area contributed by atoms with Crippen LogP contribution in [-0.4, -0.2) is 96.3 Å². The van der Waals surface area contributed by atoms with Gasteiger partial charge in [0.15, 0.2) is 0 Å². The number of carbonyl (C=O) groups is 4. The Morgan fingerprint density at radius 3 is 2.43 bits per heavy atom. The summed E-state index contributed by atoms with van der Waals surface area (Å²) in [6, 6.07) is 10.7. The zero-order valence-corrected chi connectivity index (χ0v) is 37.3. The topological polar surface area (TPSA) is 158 Å². The summed E-state index contributed by atoms with van der Waals surface area (Å²) in [6.45, 7) is 10.0. The second kappa shape index (κ2) is 18.7. The number of benzene rings is 2. The molecule has 5 aliphatic rings. The summed E-state index contributed by atoms with van der Waals surface area (Å²) in [5, 5.41) is 9.14. The lowest BCUT2D eigenvalue weighted by Gasteiger charge is -2.47. The fourth-order valence-corrected chi connectivity index (χ4v) is 9.98. The highest BCUT2D eigenvalue weighted by Gasteiger charge is 2.47. The molecule has 4 N–H and O–H groups in total. The Kier molecular flexibility index (Phi) is 12.9. The van der Waals surface area contributed by atoms with Crippen molar-refractivity contribution in [2.75, 3.05) is 40.4 Å². The molecule has 13 nitrogen and oxygen atoms in total. The molecule has 0 spiro atoms. The molecule has 0 saturated heterocycles. The third-order valence-electron chi connectivity index (χ3n) is 13.2. The number of carbonyl (C=O) groups excluding carboxylic acids is 4. The molecule has 4 amide bonds. The minimum Gasteiger partial charge on any atom is -0.453 e. The van der Waals surface area contributed by atoms with E-state index in [4.69, 9.17) is 9.72 Å². The summed E-state index contributed by atoms with van der Waals surface area (Å²) in [4.78, 5) is 63.7. The number of aromatic nitrogens is 2. The number of hydrogen-bond donors (Lipinski definition) is 4. The third-order valence-corrected chi connectivity index (χ3v) is 13.2. The summed E-state index contributed by atoms with van der Waals surface area (Å²) >= 11 is 0. The van der Waals surface area contributed by atoms with Crippen LogP contribution >= 0.6 is 0 Å². The van der Waals surface area contributed by atoms with Crippen LogP contribution in [0.25, 0.3) is 28.1 Å². The number of nitrogens with zero attached hydrogens (tertiary/aromatic N) is 3. The zero-order valence-electron chi connectivity index (χ0n) is 37.3. The number of amides is 4. The minimum atomic E-state index is -0.659. The van der Waals surface area contributed by atoms with Crippen molar-refractivity contribution in [1.29, 1.82) is 0 Å². The van der Waals surface area contributed by atoms with Crippen molar-refractivity contribution in [2.45, 2.75) is 84.8 Å². The van der Waals surface area contributed by atoms with Gasteiger partial charge in [-0.3, -0.25) is 9.59 Å². The number of rotatable bonds is 16. The smallest absolute Gasteiger partial charge is 0.407 e. The van der Waals surface area contributed by atoms with Crippen LogP contribution in [-0.2, 0) is 44.9 Å². The molecule has 1 heterocycles. The quantitative estimate of drug-likeness (QED) is 0.120. The Hall–Kier alpha value is -6.11. The number of hydrogen-bond acceptors (Lipinski definition) is 8. The first kappa shape index (κ1) is 43.5. The molecular formula is C50H60N7O6. The minimum absolute atomic E-state index is 0.0110. The Morgan fingerprint density at radius 2 is 1.68 bits per heavy atom. The molecule has 0 bridgehead atoms. The lowest BCUT2D eigenvalue weighted by Crippen LogP contribution is -2.59. The van der Waals surface area contributed by atoms with Crippen molar-refractivity contribution in [3.05, 3.63) is 112 Å². The van der Waals surface area contributed by atoms with Gasteiger partial charge in [0.25, 0.3) is 0 Å². The Morgan fingerprint density at radius 1 is 0.905 bits per heavy atom. The normalized spacial score (nSPS) is 19.7. The van der Waals surface area contributed by atoms with Crippen LogP contribution in [0.2, 0.25) is 0 Å². The van der Waals surface area contributed by atoms with E-state index in [0.29, 0.717) is 32.1 Å². The fraction of sp³-hybridized carbons (Fsp3) is 0.440. The van der Waals surface area contributed by atoms with Crippen LogP contribution in [0.5, 0.6) is 0 Å². The summed E-state index contributed by atoms with van der Waals surface area (Å²) in [5.41, 5.74) is 12.8. The van der Waals surface area contributed by atoms with Gasteiger partial charge in [0.1, 0.15) is 18.4 Å². The highest BCUT2D eigenvalue weighted by atomic mass is 16.5. The highest BCUT2D eigenvalue weighted by Crippen LogP contribution is 2.51. The largest absolute Gasteiger partial charge is 0.453 e. The van der Waals surface area contributed by atoms with Gasteiger partial charge in [0.2, 0.25) is 11.8 Å². The molecule has 2 aromatic carbocycles. The number of allylic oxidation sites excluding steroid dienone is 7. The number of nitrogens with one attached hydrogen (secondary N) is 4. The zero-order chi connectivity index (χ0) is 44.4. The summed E-state index contributed by atoms with van der Waals surface area (Å²) in [6.07, 6.45) is 16.6. The van der Waals surface area contributed by atoms with Crippen LogP contribution in [0.15, 0.2) is 72.4 Å². The maximum absolute atomic E-state index is 14.3. The fourth-order valence-electron chi connectivity index (χ4n) is 9.98. The van der Waals surface area contributed by atoms with Gasteiger partial charge >= 0.3 is 12.2 Å². The molecule has 13 heteroatoms. The average molecular weight is 855 g/mol. The molecule has 8 rings (SSSR count). The molecule has 1 saturated carbocycles. The first-order valence-electron chi connectivity index (χ1n) is 22.5. The number of ether oxygens (including phenoxy) is 2. The van der Waals surface area contributed by atoms with Gasteiger partial charge < -0.3 is 40.2 Å². The SMILES string of the molecule is C/C=C(\NC(C)CN(CCC)C(=O)[C@H](NC(=O)OC)C1CC2C=CC=CC21)c1ccc2c(c1)CC1=C[C]1c1cc3c(cc1-2)CCc1[nH]c(CN(CCC)C(=O)CNC(=O)OC)nc1-3. The van der Waals surface area contributed by atoms with Crippen molar-refractivity contribution < 1.29 is 28.7 Å². The molecule has 4 unspecified atom stereocenters. The first-order chi connectivity index (χ1) is 30.5. The number of alkyl carbamates (subject to hydrolysis) is 2. The van der Waals surface area contributed by atoms with Crippen LogP contribution in [0.3, 0.4) is 0 Å². The van der Waals surface area contributed by atoms with Gasteiger partial charge in [-0.05, 0) is 116 Å². The van der Waals surface area contributed by atoms with Gasteiger partial charge in [0, 0.05) is 42.6 Å². The molecule has 5 aliphatic carbocycles. The first-order valence-corrected chi connectivity index (χ1v) is 22.5. The predicted molar refractivity (Wildman–Crippen MR) is 243 cm³/mol. The summed E-state index contributed by atoms with van der Waals surface area (Å²) in [7, 11) is 2.61. The van der Waals surface area contributed by atoms with Crippen LogP contribution in [0.1, 0.15) is 80.7 Å². The van der Waals surface area contributed by atoms with Crippen molar-refractivity contribution in [3.8, 4) is 22.4 Å². The number of aromatic amines is 1. The van der Waals surface area contributed by atoms with Crippen molar-refractivity contribution in [3.63, 3.8) is 0 Å². The van der Waals surface area contributed by atoms with Gasteiger partial charge in [0.05, 0.1) is 32.4 Å². The van der Waals surface area contributed by atoms with Crippen LogP contribution in [0.4, 0.5) is 9.59 Å². The van der Waals surface area contributed by atoms with Gasteiger partial charge in [-0.25, -0.2) is 14.6 Å². The van der Waals surface area contributed by atoms with E-state index >= 15 is 0 Å². The average Bonchev–Trinajstić information content (AvgIpc) is 3.94. The molecule has 1 aromatic heterocycles. The van der Waals surface area contributed by atoms with E-state index in [9.17, 15) is 19.2 Å². The summed E-state index contributed by atoms with van der Waals surface area (Å²) < 4.78 is 9.61. The molecular weight excluding hydrogens is 795 g/mol. The van der Waals surface area contributed by atoms with Gasteiger partial charge in [-0.2, -0.15) is 0 Å². The van der Waals surface area contributed by atoms with Gasteiger partial charge in [-0.15, -0.1) is 0 Å². The number of methoxy groups -OCH3 is 2. The number of imidazole rings is 1. The molecule has 1 fully saturated rings. The van der Waals surface area contributed by atoms with Gasteiger partial charge in [-0.1, -0.05) is 74.1 Å². The highest BCUT2D eigenvalue weighted by molar-refractivity contribution is 5.89. The van der Waals surface area contributed by atoms with E-state index in [1.807, 2.05) is 24.8 Å². The third kappa shape index (κ3) is 9.05. The van der Waals surface area contributed by atoms with Crippen molar-refractivity contribution in [2.24, 2.45) is 17.8 Å². The molecule has 1 radical (unpaired) electrons. The molecule has 0 aliphatic heterocycles. The maximum Gasteiger partial charge on any atom is 0.407 e. The molecule has 63 heavy (non-hydrogen) atoms. The Labute approximate surface area is 370 Å². The predicted octanol–water partition coefficient (Wildman–Crippen LogP) is 7.04. The van der Waals surface area contributed by atoms with E-state index in [0.717, 1.165) is 72.6 Å². The number of H-pyrrole nitrogens is 1. The monoisotopic (exact) mass is 854 g/mol.